The van der Waals surface area contributed by atoms with E-state index in [9.17, 15) is 23.3 Å². The van der Waals surface area contributed by atoms with Crippen LogP contribution in [0.3, 0.4) is 0 Å². The SMILES string of the molecule is Cc1cc(F)ccc1CCc1ccccc1N.Cc1cc(F)ccc1CCc1ccccc1[N+](=O)[O-].Cc1cc(F)ccc1Cn1c(N)nc2ccccc21. The zero-order valence-electron chi connectivity index (χ0n) is 31.1. The number of hydrogen-bond acceptors (Lipinski definition) is 5. The molecule has 0 radical (unpaired) electrons. The summed E-state index contributed by atoms with van der Waals surface area (Å²) >= 11 is 0. The summed E-state index contributed by atoms with van der Waals surface area (Å²) in [4.78, 5) is 14.9. The number of nitrogens with two attached hydrogens (primary N) is 2. The number of nitro groups is 1. The lowest BCUT2D eigenvalue weighted by atomic mass is 9.99. The molecule has 0 spiro atoms. The van der Waals surface area contributed by atoms with E-state index in [1.165, 1.54) is 42.0 Å². The summed E-state index contributed by atoms with van der Waals surface area (Å²) in [6, 6.07) is 36.7. The quantitative estimate of drug-likeness (QED) is 0.0868. The molecule has 0 unspecified atom stereocenters. The van der Waals surface area contributed by atoms with Crippen molar-refractivity contribution in [1.29, 1.82) is 0 Å². The maximum atomic E-state index is 13.1. The molecule has 0 fully saturated rings. The standard InChI is InChI=1S/C15H14FN3.C15H14FNO2.C15H16FN/c1-10-8-12(16)7-6-11(10)9-19-14-5-3-2-4-13(14)18-15(19)17;1-11-10-14(16)9-8-12(11)6-7-13-4-2-3-5-15(13)17(18)19;1-11-10-14(16)9-8-12(11)6-7-13-4-2-3-5-15(13)17/h2-8H,9H2,1H3,(H2,17,18);2-5,8-10H,6-7H2,1H3;2-5,8-10H,6-7,17H2,1H3. The number of nitrogens with zero attached hydrogens (tertiary/aromatic N) is 3. The third-order valence-electron chi connectivity index (χ3n) is 9.50. The number of aromatic nitrogens is 2. The highest BCUT2D eigenvalue weighted by atomic mass is 19.1. The highest BCUT2D eigenvalue weighted by molar-refractivity contribution is 5.78. The predicted octanol–water partition coefficient (Wildman–Crippen LogP) is 10.4. The number of anilines is 2. The van der Waals surface area contributed by atoms with Crippen LogP contribution in [0.1, 0.15) is 44.5 Å². The fraction of sp³-hybridized carbons (Fsp3) is 0.178. The van der Waals surface area contributed by atoms with Crippen LogP contribution in [0, 0.1) is 48.3 Å². The first-order valence-corrected chi connectivity index (χ1v) is 17.9. The highest BCUT2D eigenvalue weighted by Gasteiger charge is 2.13. The Kier molecular flexibility index (Phi) is 13.4. The second-order valence-electron chi connectivity index (χ2n) is 13.3. The van der Waals surface area contributed by atoms with Gasteiger partial charge in [-0.1, -0.05) is 66.7 Å². The Balaban J connectivity index is 0.000000159. The number of para-hydroxylation sites is 4. The number of rotatable bonds is 9. The Labute approximate surface area is 319 Å². The molecule has 0 aliphatic carbocycles. The predicted molar refractivity (Wildman–Crippen MR) is 215 cm³/mol. The Morgan fingerprint density at radius 2 is 1.04 bits per heavy atom. The van der Waals surface area contributed by atoms with Crippen LogP contribution in [0.4, 0.5) is 30.5 Å². The van der Waals surface area contributed by atoms with Gasteiger partial charge in [0.15, 0.2) is 0 Å². The van der Waals surface area contributed by atoms with Crippen molar-refractivity contribution in [3.05, 3.63) is 199 Å². The lowest BCUT2D eigenvalue weighted by molar-refractivity contribution is -0.385. The summed E-state index contributed by atoms with van der Waals surface area (Å²) in [6.07, 6.45) is 3.01. The van der Waals surface area contributed by atoms with Crippen LogP contribution in [0.25, 0.3) is 11.0 Å². The Bertz CT molecular complexity index is 2410. The molecular formula is C45H44F3N5O2. The second kappa shape index (κ2) is 18.6. The molecule has 0 aliphatic rings. The first kappa shape index (κ1) is 39.8. The average Bonchev–Trinajstić information content (AvgIpc) is 3.47. The van der Waals surface area contributed by atoms with E-state index in [0.29, 0.717) is 30.9 Å². The fourth-order valence-electron chi connectivity index (χ4n) is 6.35. The van der Waals surface area contributed by atoms with Crippen molar-refractivity contribution in [2.75, 3.05) is 11.5 Å². The van der Waals surface area contributed by atoms with E-state index in [1.54, 1.807) is 36.4 Å². The smallest absolute Gasteiger partial charge is 0.272 e. The third-order valence-corrected chi connectivity index (χ3v) is 9.50. The van der Waals surface area contributed by atoms with Crippen molar-refractivity contribution in [2.45, 2.75) is 53.0 Å². The maximum Gasteiger partial charge on any atom is 0.272 e. The zero-order valence-corrected chi connectivity index (χ0v) is 31.1. The van der Waals surface area contributed by atoms with E-state index in [1.807, 2.05) is 79.9 Å². The van der Waals surface area contributed by atoms with Gasteiger partial charge in [-0.25, -0.2) is 18.2 Å². The van der Waals surface area contributed by atoms with Crippen molar-refractivity contribution < 1.29 is 18.1 Å². The largest absolute Gasteiger partial charge is 0.399 e. The van der Waals surface area contributed by atoms with Crippen LogP contribution in [0.2, 0.25) is 0 Å². The zero-order chi connectivity index (χ0) is 39.5. The molecule has 0 bridgehead atoms. The van der Waals surface area contributed by atoms with E-state index in [-0.39, 0.29) is 28.1 Å². The summed E-state index contributed by atoms with van der Waals surface area (Å²) < 4.78 is 41.0. The highest BCUT2D eigenvalue weighted by Crippen LogP contribution is 2.23. The average molecular weight is 744 g/mol. The summed E-state index contributed by atoms with van der Waals surface area (Å²) in [5, 5.41) is 10.9. The van der Waals surface area contributed by atoms with Crippen molar-refractivity contribution >= 4 is 28.4 Å². The van der Waals surface area contributed by atoms with Crippen LogP contribution < -0.4 is 11.5 Å². The fourth-order valence-corrected chi connectivity index (χ4v) is 6.35. The Morgan fingerprint density at radius 3 is 1.58 bits per heavy atom. The topological polar surface area (TPSA) is 113 Å². The molecule has 1 heterocycles. The van der Waals surface area contributed by atoms with Crippen molar-refractivity contribution in [3.63, 3.8) is 0 Å². The number of fused-ring (bicyclic) bond motifs is 1. The molecule has 1 aromatic heterocycles. The lowest BCUT2D eigenvalue weighted by Crippen LogP contribution is -2.05. The number of benzene rings is 6. The minimum atomic E-state index is -0.368. The molecule has 7 nitrogen and oxygen atoms in total. The first-order chi connectivity index (χ1) is 26.4. The van der Waals surface area contributed by atoms with Crippen LogP contribution in [0.5, 0.6) is 0 Å². The summed E-state index contributed by atoms with van der Waals surface area (Å²) in [7, 11) is 0. The molecule has 0 aliphatic heterocycles. The van der Waals surface area contributed by atoms with Crippen molar-refractivity contribution in [1.82, 2.24) is 9.55 Å². The molecule has 4 N–H and O–H groups in total. The Morgan fingerprint density at radius 1 is 0.582 bits per heavy atom. The molecule has 0 atom stereocenters. The minimum absolute atomic E-state index is 0.141. The summed E-state index contributed by atoms with van der Waals surface area (Å²) in [5.74, 6) is -0.174. The number of imidazole rings is 1. The van der Waals surface area contributed by atoms with E-state index in [0.717, 1.165) is 62.9 Å². The van der Waals surface area contributed by atoms with Gasteiger partial charge in [-0.2, -0.15) is 0 Å². The van der Waals surface area contributed by atoms with Crippen LogP contribution >= 0.6 is 0 Å². The van der Waals surface area contributed by atoms with E-state index >= 15 is 0 Å². The van der Waals surface area contributed by atoms with Crippen LogP contribution in [-0.2, 0) is 32.2 Å². The normalized spacial score (nSPS) is 10.7. The number of aryl methyl sites for hydroxylation is 7. The van der Waals surface area contributed by atoms with Gasteiger partial charge in [-0.05, 0) is 140 Å². The van der Waals surface area contributed by atoms with Gasteiger partial charge in [0.1, 0.15) is 17.5 Å². The van der Waals surface area contributed by atoms with E-state index < -0.39 is 0 Å². The first-order valence-electron chi connectivity index (χ1n) is 17.9. The second-order valence-corrected chi connectivity index (χ2v) is 13.3. The Hall–Kier alpha value is -6.42. The molecule has 0 saturated heterocycles. The molecule has 55 heavy (non-hydrogen) atoms. The molecule has 10 heteroatoms. The van der Waals surface area contributed by atoms with E-state index in [2.05, 4.69) is 4.98 Å². The van der Waals surface area contributed by atoms with Gasteiger partial charge in [0.2, 0.25) is 5.95 Å². The van der Waals surface area contributed by atoms with Gasteiger partial charge in [-0.3, -0.25) is 10.1 Å². The molecule has 6 aromatic carbocycles. The van der Waals surface area contributed by atoms with Crippen LogP contribution in [-0.4, -0.2) is 14.5 Å². The molecule has 7 rings (SSSR count). The molecule has 7 aromatic rings. The summed E-state index contributed by atoms with van der Waals surface area (Å²) in [6.45, 7) is 6.27. The van der Waals surface area contributed by atoms with Gasteiger partial charge in [0.05, 0.1) is 22.5 Å². The van der Waals surface area contributed by atoms with Gasteiger partial charge < -0.3 is 16.0 Å². The minimum Gasteiger partial charge on any atom is -0.399 e. The number of nitrogen functional groups attached to an aromatic ring is 2. The maximum absolute atomic E-state index is 13.1. The lowest BCUT2D eigenvalue weighted by Gasteiger charge is -2.09. The number of nitro benzene ring substituents is 1. The number of halogens is 3. The summed E-state index contributed by atoms with van der Waals surface area (Å²) in [5.41, 5.74) is 22.5. The molecular weight excluding hydrogens is 700 g/mol. The van der Waals surface area contributed by atoms with Gasteiger partial charge >= 0.3 is 0 Å². The third kappa shape index (κ3) is 10.8. The molecule has 0 saturated carbocycles. The molecule has 282 valence electrons. The van der Waals surface area contributed by atoms with Gasteiger partial charge in [0.25, 0.3) is 5.69 Å². The monoisotopic (exact) mass is 743 g/mol. The van der Waals surface area contributed by atoms with Gasteiger partial charge in [0, 0.05) is 17.3 Å². The van der Waals surface area contributed by atoms with Crippen LogP contribution in [0.15, 0.2) is 127 Å². The molecule has 0 amide bonds. The van der Waals surface area contributed by atoms with Gasteiger partial charge in [-0.15, -0.1) is 0 Å². The van der Waals surface area contributed by atoms with E-state index in [4.69, 9.17) is 11.5 Å². The van der Waals surface area contributed by atoms with Crippen molar-refractivity contribution in [3.8, 4) is 0 Å². The number of hydrogen-bond donors (Lipinski definition) is 2. The van der Waals surface area contributed by atoms with Crippen molar-refractivity contribution in [2.24, 2.45) is 0 Å².